The van der Waals surface area contributed by atoms with Gasteiger partial charge in [0.05, 0.1) is 5.02 Å². The number of nitrogens with zero attached hydrogens (tertiary/aromatic N) is 2. The third-order valence-electron chi connectivity index (χ3n) is 4.14. The Hall–Kier alpha value is -1.82. The lowest BCUT2D eigenvalue weighted by molar-refractivity contribution is 0.0644. The van der Waals surface area contributed by atoms with Gasteiger partial charge >= 0.3 is 5.63 Å². The molecule has 2 aromatic rings. The molecule has 0 saturated carbocycles. The lowest BCUT2D eigenvalue weighted by Gasteiger charge is -2.34. The van der Waals surface area contributed by atoms with E-state index >= 15 is 0 Å². The third-order valence-corrected chi connectivity index (χ3v) is 4.63. The first-order valence-corrected chi connectivity index (χ1v) is 8.69. The molecular formula is C18H18Cl2N2O3. The van der Waals surface area contributed by atoms with Crippen LogP contribution in [0.25, 0.3) is 11.0 Å². The van der Waals surface area contributed by atoms with E-state index in [9.17, 15) is 9.59 Å². The van der Waals surface area contributed by atoms with Crippen molar-refractivity contribution in [3.63, 3.8) is 0 Å². The van der Waals surface area contributed by atoms with Gasteiger partial charge in [0.25, 0.3) is 5.91 Å². The van der Waals surface area contributed by atoms with Crippen molar-refractivity contribution in [1.29, 1.82) is 0 Å². The predicted octanol–water partition coefficient (Wildman–Crippen LogP) is 3.43. The summed E-state index contributed by atoms with van der Waals surface area (Å²) in [5, 5.41) is 1.19. The molecule has 2 heterocycles. The quantitative estimate of drug-likeness (QED) is 0.604. The molecule has 0 atom stereocenters. The van der Waals surface area contributed by atoms with Gasteiger partial charge in [0, 0.05) is 43.1 Å². The van der Waals surface area contributed by atoms with Crippen molar-refractivity contribution >= 4 is 40.1 Å². The molecule has 0 radical (unpaired) electrons. The number of carbonyl (C=O) groups is 1. The van der Waals surface area contributed by atoms with Gasteiger partial charge in [-0.2, -0.15) is 0 Å². The van der Waals surface area contributed by atoms with E-state index in [-0.39, 0.29) is 22.1 Å². The Morgan fingerprint density at radius 1 is 1.20 bits per heavy atom. The van der Waals surface area contributed by atoms with Gasteiger partial charge in [-0.15, -0.1) is 0 Å². The molecule has 0 N–H and O–H groups in total. The molecule has 0 bridgehead atoms. The van der Waals surface area contributed by atoms with Crippen molar-refractivity contribution in [2.75, 3.05) is 32.7 Å². The van der Waals surface area contributed by atoms with E-state index < -0.39 is 5.63 Å². The zero-order valence-corrected chi connectivity index (χ0v) is 15.4. The summed E-state index contributed by atoms with van der Waals surface area (Å²) >= 11 is 12.0. The Kier molecular flexibility index (Phi) is 5.18. The highest BCUT2D eigenvalue weighted by atomic mass is 35.5. The van der Waals surface area contributed by atoms with Crippen molar-refractivity contribution < 1.29 is 9.21 Å². The van der Waals surface area contributed by atoms with Crippen LogP contribution in [0.4, 0.5) is 0 Å². The molecule has 0 aliphatic carbocycles. The minimum absolute atomic E-state index is 0.000755. The first kappa shape index (κ1) is 18.0. The second-order valence-corrected chi connectivity index (χ2v) is 7.12. The van der Waals surface area contributed by atoms with Crippen LogP contribution in [-0.4, -0.2) is 48.4 Å². The first-order chi connectivity index (χ1) is 11.8. The van der Waals surface area contributed by atoms with Crippen molar-refractivity contribution in [1.82, 2.24) is 9.80 Å². The Labute approximate surface area is 155 Å². The van der Waals surface area contributed by atoms with Crippen LogP contribution in [0.5, 0.6) is 0 Å². The predicted molar refractivity (Wildman–Crippen MR) is 99.7 cm³/mol. The molecule has 1 aromatic heterocycles. The van der Waals surface area contributed by atoms with Crippen molar-refractivity contribution in [3.8, 4) is 0 Å². The van der Waals surface area contributed by atoms with Crippen LogP contribution in [0, 0.1) is 0 Å². The lowest BCUT2D eigenvalue weighted by atomic mass is 10.1. The van der Waals surface area contributed by atoms with Gasteiger partial charge in [0.2, 0.25) is 0 Å². The molecule has 3 rings (SSSR count). The maximum atomic E-state index is 12.7. The molecule has 5 nitrogen and oxygen atoms in total. The van der Waals surface area contributed by atoms with Crippen LogP contribution < -0.4 is 5.63 Å². The van der Waals surface area contributed by atoms with Gasteiger partial charge in [0.1, 0.15) is 5.56 Å². The number of carbonyl (C=O) groups excluding carboxylic acids is 1. The summed E-state index contributed by atoms with van der Waals surface area (Å²) in [5.74, 6) is -0.332. The van der Waals surface area contributed by atoms with Crippen LogP contribution in [0.1, 0.15) is 17.3 Å². The van der Waals surface area contributed by atoms with E-state index in [1.807, 2.05) is 6.92 Å². The van der Waals surface area contributed by atoms with Gasteiger partial charge in [0.15, 0.2) is 5.58 Å². The summed E-state index contributed by atoms with van der Waals surface area (Å²) in [7, 11) is 0. The molecule has 25 heavy (non-hydrogen) atoms. The summed E-state index contributed by atoms with van der Waals surface area (Å²) in [4.78, 5) is 28.9. The summed E-state index contributed by atoms with van der Waals surface area (Å²) in [6.45, 7) is 9.31. The molecule has 0 spiro atoms. The second-order valence-electron chi connectivity index (χ2n) is 6.28. The number of rotatable bonds is 3. The normalized spacial score (nSPS) is 15.6. The molecule has 7 heteroatoms. The molecule has 1 aliphatic heterocycles. The van der Waals surface area contributed by atoms with Crippen LogP contribution in [-0.2, 0) is 0 Å². The Bertz CT molecular complexity index is 899. The Morgan fingerprint density at radius 3 is 2.52 bits per heavy atom. The molecular weight excluding hydrogens is 363 g/mol. The summed E-state index contributed by atoms with van der Waals surface area (Å²) in [6.07, 6.45) is 0. The van der Waals surface area contributed by atoms with Crippen LogP contribution >= 0.6 is 23.2 Å². The highest BCUT2D eigenvalue weighted by Crippen LogP contribution is 2.27. The zero-order valence-electron chi connectivity index (χ0n) is 13.8. The summed E-state index contributed by atoms with van der Waals surface area (Å²) in [5.41, 5.74) is 0.632. The van der Waals surface area contributed by atoms with E-state index in [4.69, 9.17) is 27.6 Å². The molecule has 1 aromatic carbocycles. The fourth-order valence-electron chi connectivity index (χ4n) is 2.97. The smallest absolute Gasteiger partial charge is 0.349 e. The van der Waals surface area contributed by atoms with Crippen LogP contribution in [0.3, 0.4) is 0 Å². The van der Waals surface area contributed by atoms with E-state index in [0.717, 1.165) is 25.2 Å². The fraction of sp³-hybridized carbons (Fsp3) is 0.333. The number of piperazine rings is 1. The molecule has 1 saturated heterocycles. The number of amides is 1. The fourth-order valence-corrected chi connectivity index (χ4v) is 3.52. The average Bonchev–Trinajstić information content (AvgIpc) is 2.54. The van der Waals surface area contributed by atoms with Crippen LogP contribution in [0.2, 0.25) is 10.0 Å². The largest absolute Gasteiger partial charge is 0.421 e. The first-order valence-electron chi connectivity index (χ1n) is 7.94. The minimum atomic E-state index is -0.689. The monoisotopic (exact) mass is 380 g/mol. The molecule has 132 valence electrons. The number of benzene rings is 1. The Morgan fingerprint density at radius 2 is 1.88 bits per heavy atom. The van der Waals surface area contributed by atoms with Crippen molar-refractivity contribution in [3.05, 3.63) is 56.4 Å². The van der Waals surface area contributed by atoms with E-state index in [2.05, 4.69) is 11.5 Å². The van der Waals surface area contributed by atoms with Gasteiger partial charge in [-0.05, 0) is 25.1 Å². The minimum Gasteiger partial charge on any atom is -0.421 e. The SMILES string of the molecule is C=C(C)CN1CCN(C(=O)c2cc3cc(Cl)cc(Cl)c3oc2=O)CC1. The lowest BCUT2D eigenvalue weighted by Crippen LogP contribution is -2.49. The highest BCUT2D eigenvalue weighted by Gasteiger charge is 2.25. The topological polar surface area (TPSA) is 53.8 Å². The van der Waals surface area contributed by atoms with Crippen molar-refractivity contribution in [2.45, 2.75) is 6.92 Å². The average molecular weight is 381 g/mol. The van der Waals surface area contributed by atoms with Gasteiger partial charge in [-0.25, -0.2) is 4.79 Å². The van der Waals surface area contributed by atoms with Crippen molar-refractivity contribution in [2.24, 2.45) is 0 Å². The van der Waals surface area contributed by atoms with Gasteiger partial charge in [-0.1, -0.05) is 35.4 Å². The number of fused-ring (bicyclic) bond motifs is 1. The summed E-state index contributed by atoms with van der Waals surface area (Å²) in [6, 6.07) is 4.62. The molecule has 1 fully saturated rings. The second kappa shape index (κ2) is 7.20. The maximum Gasteiger partial charge on any atom is 0.349 e. The maximum absolute atomic E-state index is 12.7. The number of hydrogen-bond acceptors (Lipinski definition) is 4. The highest BCUT2D eigenvalue weighted by molar-refractivity contribution is 6.38. The standard InChI is InChI=1S/C18H18Cl2N2O3/c1-11(2)10-21-3-5-22(6-4-21)17(23)14-8-12-7-13(19)9-15(20)16(12)25-18(14)24/h7-9H,1,3-6,10H2,2H3. The van der Waals surface area contributed by atoms with E-state index in [1.165, 1.54) is 12.1 Å². The van der Waals surface area contributed by atoms with E-state index in [0.29, 0.717) is 23.5 Å². The third kappa shape index (κ3) is 3.89. The van der Waals surface area contributed by atoms with Gasteiger partial charge < -0.3 is 9.32 Å². The molecule has 1 amide bonds. The number of hydrogen-bond donors (Lipinski definition) is 0. The van der Waals surface area contributed by atoms with Gasteiger partial charge in [-0.3, -0.25) is 9.69 Å². The summed E-state index contributed by atoms with van der Waals surface area (Å²) < 4.78 is 5.25. The van der Waals surface area contributed by atoms with Crippen LogP contribution in [0.15, 0.2) is 39.6 Å². The van der Waals surface area contributed by atoms with E-state index in [1.54, 1.807) is 11.0 Å². The number of halogens is 2. The molecule has 0 unspecified atom stereocenters. The molecule has 1 aliphatic rings. The zero-order chi connectivity index (χ0) is 18.1. The Balaban J connectivity index is 1.84.